The molecule has 1 amide bonds. The van der Waals surface area contributed by atoms with Crippen LogP contribution < -0.4 is 0 Å². The first-order valence-corrected chi connectivity index (χ1v) is 5.44. The Morgan fingerprint density at radius 3 is 2.69 bits per heavy atom. The highest BCUT2D eigenvalue weighted by molar-refractivity contribution is 6.35. The van der Waals surface area contributed by atoms with Crippen LogP contribution in [-0.2, 0) is 16.0 Å². The number of benzene rings is 1. The summed E-state index contributed by atoms with van der Waals surface area (Å²) in [7, 11) is 1.57. The molecule has 0 unspecified atom stereocenters. The Morgan fingerprint density at radius 1 is 1.44 bits per heavy atom. The number of carbonyl (C=O) groups excluding carboxylic acids is 2. The van der Waals surface area contributed by atoms with E-state index in [4.69, 9.17) is 23.2 Å². The molecule has 5 heteroatoms. The third-order valence-electron chi connectivity index (χ3n) is 2.21. The molecule has 1 rings (SSSR count). The topological polar surface area (TPSA) is 37.4 Å². The standard InChI is InChI=1S/C11H11Cl2NO2/c1-14(11(16)7-15)5-4-8-2-3-9(12)6-10(8)13/h2-3,6-7H,4-5H2,1H3. The SMILES string of the molecule is CN(CCc1ccc(Cl)cc1Cl)C(=O)C=O. The van der Waals surface area contributed by atoms with Gasteiger partial charge in [-0.2, -0.15) is 0 Å². The molecule has 0 saturated carbocycles. The van der Waals surface area contributed by atoms with Gasteiger partial charge in [0.05, 0.1) is 0 Å². The van der Waals surface area contributed by atoms with Crippen LogP contribution in [0.5, 0.6) is 0 Å². The lowest BCUT2D eigenvalue weighted by molar-refractivity contribution is -0.137. The van der Waals surface area contributed by atoms with Gasteiger partial charge in [-0.25, -0.2) is 0 Å². The molecule has 0 aliphatic heterocycles. The summed E-state index contributed by atoms with van der Waals surface area (Å²) in [4.78, 5) is 22.6. The number of carbonyl (C=O) groups is 2. The lowest BCUT2D eigenvalue weighted by Crippen LogP contribution is -2.29. The lowest BCUT2D eigenvalue weighted by atomic mass is 10.1. The number of nitrogens with zero attached hydrogens (tertiary/aromatic N) is 1. The van der Waals surface area contributed by atoms with E-state index in [1.54, 1.807) is 19.2 Å². The second kappa shape index (κ2) is 5.87. The van der Waals surface area contributed by atoms with Crippen LogP contribution in [0, 0.1) is 0 Å². The number of aldehydes is 1. The molecule has 0 fully saturated rings. The van der Waals surface area contributed by atoms with Crippen LogP contribution in [0.25, 0.3) is 0 Å². The fourth-order valence-electron chi connectivity index (χ4n) is 1.21. The smallest absolute Gasteiger partial charge is 0.286 e. The van der Waals surface area contributed by atoms with Crippen LogP contribution in [-0.4, -0.2) is 30.7 Å². The van der Waals surface area contributed by atoms with Gasteiger partial charge in [0.15, 0.2) is 0 Å². The van der Waals surface area contributed by atoms with Crippen molar-refractivity contribution >= 4 is 35.4 Å². The van der Waals surface area contributed by atoms with E-state index in [-0.39, 0.29) is 0 Å². The lowest BCUT2D eigenvalue weighted by Gasteiger charge is -2.14. The minimum atomic E-state index is -0.537. The van der Waals surface area contributed by atoms with Crippen molar-refractivity contribution in [1.29, 1.82) is 0 Å². The van der Waals surface area contributed by atoms with E-state index < -0.39 is 5.91 Å². The Kier molecular flexibility index (Phi) is 4.77. The highest BCUT2D eigenvalue weighted by Gasteiger charge is 2.08. The van der Waals surface area contributed by atoms with Crippen molar-refractivity contribution in [3.05, 3.63) is 33.8 Å². The molecule has 0 radical (unpaired) electrons. The molecule has 0 aliphatic rings. The van der Waals surface area contributed by atoms with Crippen LogP contribution >= 0.6 is 23.2 Å². The van der Waals surface area contributed by atoms with Gasteiger partial charge in [0.1, 0.15) is 0 Å². The highest BCUT2D eigenvalue weighted by atomic mass is 35.5. The first kappa shape index (κ1) is 13.0. The first-order chi connectivity index (χ1) is 7.54. The van der Waals surface area contributed by atoms with Crippen molar-refractivity contribution in [3.63, 3.8) is 0 Å². The van der Waals surface area contributed by atoms with Gasteiger partial charge >= 0.3 is 0 Å². The molecule has 0 aliphatic carbocycles. The molecule has 0 aromatic heterocycles. The number of amides is 1. The number of hydrogen-bond acceptors (Lipinski definition) is 2. The number of halogens is 2. The Bertz CT molecular complexity index is 407. The second-order valence-electron chi connectivity index (χ2n) is 3.36. The molecule has 3 nitrogen and oxygen atoms in total. The van der Waals surface area contributed by atoms with Crippen molar-refractivity contribution in [3.8, 4) is 0 Å². The van der Waals surface area contributed by atoms with Gasteiger partial charge in [-0.1, -0.05) is 29.3 Å². The number of likely N-dealkylation sites (N-methyl/N-ethyl adjacent to an activating group) is 1. The minimum Gasteiger partial charge on any atom is -0.339 e. The quantitative estimate of drug-likeness (QED) is 0.614. The van der Waals surface area contributed by atoms with E-state index in [0.29, 0.717) is 29.3 Å². The van der Waals surface area contributed by atoms with E-state index >= 15 is 0 Å². The van der Waals surface area contributed by atoms with Crippen LogP contribution in [0.3, 0.4) is 0 Å². The van der Waals surface area contributed by atoms with Crippen molar-refractivity contribution < 1.29 is 9.59 Å². The zero-order valence-electron chi connectivity index (χ0n) is 8.74. The molecular formula is C11H11Cl2NO2. The fraction of sp³-hybridized carbons (Fsp3) is 0.273. The molecule has 0 atom stereocenters. The fourth-order valence-corrected chi connectivity index (χ4v) is 1.72. The molecule has 1 aromatic carbocycles. The Morgan fingerprint density at radius 2 is 2.12 bits per heavy atom. The van der Waals surface area contributed by atoms with E-state index in [1.165, 1.54) is 4.90 Å². The predicted octanol–water partition coefficient (Wildman–Crippen LogP) is 2.19. The molecule has 0 heterocycles. The molecule has 0 N–H and O–H groups in total. The van der Waals surface area contributed by atoms with Gasteiger partial charge < -0.3 is 4.90 Å². The third-order valence-corrected chi connectivity index (χ3v) is 2.80. The maximum atomic E-state index is 11.0. The van der Waals surface area contributed by atoms with E-state index in [2.05, 4.69) is 0 Å². The first-order valence-electron chi connectivity index (χ1n) is 4.69. The van der Waals surface area contributed by atoms with Crippen molar-refractivity contribution in [2.75, 3.05) is 13.6 Å². The number of rotatable bonds is 4. The second-order valence-corrected chi connectivity index (χ2v) is 4.21. The zero-order chi connectivity index (χ0) is 12.1. The molecule has 0 spiro atoms. The van der Waals surface area contributed by atoms with Crippen LogP contribution in [0.15, 0.2) is 18.2 Å². The van der Waals surface area contributed by atoms with Gasteiger partial charge in [-0.3, -0.25) is 9.59 Å². The predicted molar refractivity (Wildman–Crippen MR) is 63.9 cm³/mol. The number of hydrogen-bond donors (Lipinski definition) is 0. The molecule has 0 saturated heterocycles. The highest BCUT2D eigenvalue weighted by Crippen LogP contribution is 2.21. The van der Waals surface area contributed by atoms with Crippen LogP contribution in [0.1, 0.15) is 5.56 Å². The largest absolute Gasteiger partial charge is 0.339 e. The Balaban J connectivity index is 2.61. The normalized spacial score (nSPS) is 9.94. The van der Waals surface area contributed by atoms with Crippen molar-refractivity contribution in [1.82, 2.24) is 4.90 Å². The summed E-state index contributed by atoms with van der Waals surface area (Å²) in [6.45, 7) is 0.443. The third kappa shape index (κ3) is 3.51. The van der Waals surface area contributed by atoms with E-state index in [9.17, 15) is 9.59 Å². The summed E-state index contributed by atoms with van der Waals surface area (Å²) in [5.74, 6) is -0.537. The minimum absolute atomic E-state index is 0.295. The molecule has 1 aromatic rings. The monoisotopic (exact) mass is 259 g/mol. The molecule has 86 valence electrons. The average molecular weight is 260 g/mol. The molecule has 0 bridgehead atoms. The maximum absolute atomic E-state index is 11.0. The maximum Gasteiger partial charge on any atom is 0.286 e. The van der Waals surface area contributed by atoms with Gasteiger partial charge in [-0.15, -0.1) is 0 Å². The zero-order valence-corrected chi connectivity index (χ0v) is 10.3. The Hall–Kier alpha value is -1.06. The van der Waals surface area contributed by atoms with Gasteiger partial charge in [0.2, 0.25) is 6.29 Å². The summed E-state index contributed by atoms with van der Waals surface area (Å²) in [6.07, 6.45) is 0.884. The molecular weight excluding hydrogens is 249 g/mol. The van der Waals surface area contributed by atoms with Crippen LogP contribution in [0.4, 0.5) is 0 Å². The summed E-state index contributed by atoms with van der Waals surface area (Å²) in [5.41, 5.74) is 0.900. The molecule has 16 heavy (non-hydrogen) atoms. The van der Waals surface area contributed by atoms with E-state index in [1.807, 2.05) is 6.07 Å². The van der Waals surface area contributed by atoms with Gasteiger partial charge in [0.25, 0.3) is 5.91 Å². The van der Waals surface area contributed by atoms with Crippen molar-refractivity contribution in [2.24, 2.45) is 0 Å². The summed E-state index contributed by atoms with van der Waals surface area (Å²) in [5, 5.41) is 1.14. The Labute approximate surface area is 104 Å². The van der Waals surface area contributed by atoms with Crippen molar-refractivity contribution in [2.45, 2.75) is 6.42 Å². The van der Waals surface area contributed by atoms with Gasteiger partial charge in [-0.05, 0) is 24.1 Å². The summed E-state index contributed by atoms with van der Waals surface area (Å²) in [6, 6.07) is 5.20. The average Bonchev–Trinajstić information content (AvgIpc) is 2.26. The summed E-state index contributed by atoms with van der Waals surface area (Å²) < 4.78 is 0. The summed E-state index contributed by atoms with van der Waals surface area (Å²) >= 11 is 11.7. The van der Waals surface area contributed by atoms with Gasteiger partial charge in [0, 0.05) is 23.6 Å². The van der Waals surface area contributed by atoms with E-state index in [0.717, 1.165) is 5.56 Å². The van der Waals surface area contributed by atoms with Crippen LogP contribution in [0.2, 0.25) is 10.0 Å².